The van der Waals surface area contributed by atoms with E-state index in [4.69, 9.17) is 9.15 Å². The molecule has 4 aromatic rings. The van der Waals surface area contributed by atoms with Crippen molar-refractivity contribution in [2.75, 3.05) is 13.2 Å². The van der Waals surface area contributed by atoms with Gasteiger partial charge in [0, 0.05) is 25.3 Å². The molecule has 36 heavy (non-hydrogen) atoms. The van der Waals surface area contributed by atoms with E-state index < -0.39 is 0 Å². The van der Waals surface area contributed by atoms with E-state index in [9.17, 15) is 4.79 Å². The highest BCUT2D eigenvalue weighted by molar-refractivity contribution is 5.83. The SMILES string of the molecule is Cc1ccc2cc(CN(C[C@H]3CCCO3)[C@@H](c3nnnn3Cc3ccco3)C(C)C)c(=O)[nH]c2c1C. The molecule has 0 spiro atoms. The number of aromatic nitrogens is 5. The van der Waals surface area contributed by atoms with Crippen molar-refractivity contribution in [3.8, 4) is 0 Å². The summed E-state index contributed by atoms with van der Waals surface area (Å²) in [5, 5.41) is 13.7. The molecule has 9 nitrogen and oxygen atoms in total. The molecule has 1 aliphatic rings. The molecule has 1 fully saturated rings. The fourth-order valence-corrected chi connectivity index (χ4v) is 5.20. The zero-order valence-electron chi connectivity index (χ0n) is 21.4. The van der Waals surface area contributed by atoms with Crippen LogP contribution in [-0.2, 0) is 17.8 Å². The van der Waals surface area contributed by atoms with Crippen molar-refractivity contribution in [1.82, 2.24) is 30.1 Å². The molecule has 4 heterocycles. The summed E-state index contributed by atoms with van der Waals surface area (Å²) in [7, 11) is 0. The van der Waals surface area contributed by atoms with Crippen LogP contribution in [0.1, 0.15) is 61.0 Å². The number of H-pyrrole nitrogens is 1. The zero-order valence-corrected chi connectivity index (χ0v) is 21.4. The van der Waals surface area contributed by atoms with Gasteiger partial charge in [0.1, 0.15) is 12.3 Å². The Hall–Kier alpha value is -3.30. The average Bonchev–Trinajstić information content (AvgIpc) is 3.62. The fraction of sp³-hybridized carbons (Fsp3) is 0.481. The first-order chi connectivity index (χ1) is 17.4. The van der Waals surface area contributed by atoms with Crippen LogP contribution in [0.4, 0.5) is 0 Å². The largest absolute Gasteiger partial charge is 0.467 e. The molecule has 0 saturated carbocycles. The van der Waals surface area contributed by atoms with Crippen LogP contribution in [0, 0.1) is 19.8 Å². The van der Waals surface area contributed by atoms with Crippen LogP contribution in [-0.4, -0.2) is 49.3 Å². The molecular weight excluding hydrogens is 456 g/mol. The number of nitrogens with one attached hydrogen (secondary N) is 1. The predicted molar refractivity (Wildman–Crippen MR) is 137 cm³/mol. The molecule has 0 unspecified atom stereocenters. The minimum atomic E-state index is -0.117. The molecule has 0 bridgehead atoms. The van der Waals surface area contributed by atoms with Gasteiger partial charge >= 0.3 is 0 Å². The van der Waals surface area contributed by atoms with Gasteiger partial charge in [-0.15, -0.1) is 5.10 Å². The Morgan fingerprint density at radius 2 is 2.11 bits per heavy atom. The number of tetrazole rings is 1. The smallest absolute Gasteiger partial charge is 0.252 e. The van der Waals surface area contributed by atoms with Crippen molar-refractivity contribution in [2.24, 2.45) is 5.92 Å². The summed E-state index contributed by atoms with van der Waals surface area (Å²) in [6.07, 6.45) is 3.82. The molecule has 3 aromatic heterocycles. The Balaban J connectivity index is 1.52. The van der Waals surface area contributed by atoms with E-state index in [-0.39, 0.29) is 23.6 Å². The van der Waals surface area contributed by atoms with Crippen molar-refractivity contribution >= 4 is 10.9 Å². The number of aromatic amines is 1. The Kier molecular flexibility index (Phi) is 7.02. The second kappa shape index (κ2) is 10.4. The van der Waals surface area contributed by atoms with E-state index in [1.807, 2.05) is 25.1 Å². The van der Waals surface area contributed by atoms with Crippen LogP contribution in [0.15, 0.2) is 45.8 Å². The highest BCUT2D eigenvalue weighted by atomic mass is 16.5. The lowest BCUT2D eigenvalue weighted by atomic mass is 9.99. The van der Waals surface area contributed by atoms with Gasteiger partial charge in [-0.1, -0.05) is 26.0 Å². The predicted octanol–water partition coefficient (Wildman–Crippen LogP) is 4.15. The number of benzene rings is 1. The maximum Gasteiger partial charge on any atom is 0.252 e. The van der Waals surface area contributed by atoms with Gasteiger partial charge in [-0.25, -0.2) is 4.68 Å². The first-order valence-corrected chi connectivity index (χ1v) is 12.7. The molecule has 1 N–H and O–H groups in total. The third-order valence-corrected chi connectivity index (χ3v) is 7.20. The lowest BCUT2D eigenvalue weighted by Gasteiger charge is -2.35. The average molecular weight is 491 g/mol. The standard InChI is InChI=1S/C27H34N6O3/c1-17(2)25(26-29-30-31-33(26)16-23-8-6-12-36-23)32(15-22-7-5-11-35-22)14-21-13-20-10-9-18(3)19(4)24(20)28-27(21)34/h6,8-10,12-13,17,22,25H,5,7,11,14-16H2,1-4H3,(H,28,34)/t22-,25-/m1/s1. The van der Waals surface area contributed by atoms with Crippen molar-refractivity contribution in [3.05, 3.63) is 75.2 Å². The van der Waals surface area contributed by atoms with Crippen LogP contribution in [0.5, 0.6) is 0 Å². The lowest BCUT2D eigenvalue weighted by molar-refractivity contribution is 0.0384. The number of aryl methyl sites for hydroxylation is 2. The van der Waals surface area contributed by atoms with E-state index >= 15 is 0 Å². The van der Waals surface area contributed by atoms with E-state index in [0.717, 1.165) is 58.6 Å². The van der Waals surface area contributed by atoms with E-state index in [2.05, 4.69) is 58.3 Å². The Labute approximate surface area is 210 Å². The molecule has 0 aliphatic carbocycles. The van der Waals surface area contributed by atoms with Gasteiger partial charge in [0.05, 0.1) is 23.9 Å². The van der Waals surface area contributed by atoms with Crippen LogP contribution in [0.25, 0.3) is 10.9 Å². The van der Waals surface area contributed by atoms with Gasteiger partial charge in [0.2, 0.25) is 0 Å². The summed E-state index contributed by atoms with van der Waals surface area (Å²) < 4.78 is 13.4. The molecule has 0 amide bonds. The molecule has 190 valence electrons. The minimum absolute atomic E-state index is 0.0637. The van der Waals surface area contributed by atoms with Crippen LogP contribution < -0.4 is 5.56 Å². The minimum Gasteiger partial charge on any atom is -0.467 e. The molecule has 0 radical (unpaired) electrons. The van der Waals surface area contributed by atoms with Crippen LogP contribution >= 0.6 is 0 Å². The number of pyridine rings is 1. The summed E-state index contributed by atoms with van der Waals surface area (Å²) in [6, 6.07) is 9.85. The van der Waals surface area contributed by atoms with Crippen LogP contribution in [0.3, 0.4) is 0 Å². The molecule has 1 saturated heterocycles. The molecule has 9 heteroatoms. The van der Waals surface area contributed by atoms with Crippen molar-refractivity contribution in [2.45, 2.75) is 65.8 Å². The van der Waals surface area contributed by atoms with E-state index in [0.29, 0.717) is 19.6 Å². The highest BCUT2D eigenvalue weighted by Crippen LogP contribution is 2.31. The molecular formula is C27H34N6O3. The second-order valence-electron chi connectivity index (χ2n) is 10.1. The second-order valence-corrected chi connectivity index (χ2v) is 10.1. The Morgan fingerprint density at radius 3 is 2.83 bits per heavy atom. The summed E-state index contributed by atoms with van der Waals surface area (Å²) in [4.78, 5) is 18.7. The van der Waals surface area contributed by atoms with Gasteiger partial charge < -0.3 is 14.1 Å². The molecule has 2 atom stereocenters. The van der Waals surface area contributed by atoms with Gasteiger partial charge in [-0.05, 0) is 77.7 Å². The maximum atomic E-state index is 13.3. The number of hydrogen-bond acceptors (Lipinski definition) is 7. The molecule has 1 aromatic carbocycles. The van der Waals surface area contributed by atoms with Crippen molar-refractivity contribution < 1.29 is 9.15 Å². The Bertz CT molecular complexity index is 1370. The van der Waals surface area contributed by atoms with Crippen molar-refractivity contribution in [3.63, 3.8) is 0 Å². The number of rotatable bonds is 9. The fourth-order valence-electron chi connectivity index (χ4n) is 5.20. The molecule has 5 rings (SSSR count). The van der Waals surface area contributed by atoms with E-state index in [1.54, 1.807) is 10.9 Å². The lowest BCUT2D eigenvalue weighted by Crippen LogP contribution is -2.40. The number of furan rings is 1. The van der Waals surface area contributed by atoms with Gasteiger partial charge in [0.15, 0.2) is 5.82 Å². The van der Waals surface area contributed by atoms with Crippen molar-refractivity contribution in [1.29, 1.82) is 0 Å². The first kappa shape index (κ1) is 24.4. The third kappa shape index (κ3) is 4.99. The summed E-state index contributed by atoms with van der Waals surface area (Å²) in [6.45, 7) is 10.8. The van der Waals surface area contributed by atoms with Gasteiger partial charge in [0.25, 0.3) is 5.56 Å². The van der Waals surface area contributed by atoms with E-state index in [1.165, 1.54) is 0 Å². The monoisotopic (exact) mass is 490 g/mol. The summed E-state index contributed by atoms with van der Waals surface area (Å²) >= 11 is 0. The summed E-state index contributed by atoms with van der Waals surface area (Å²) in [5.41, 5.74) is 3.82. The highest BCUT2D eigenvalue weighted by Gasteiger charge is 2.32. The maximum absolute atomic E-state index is 13.3. The Morgan fingerprint density at radius 1 is 1.25 bits per heavy atom. The zero-order chi connectivity index (χ0) is 25.2. The number of hydrogen-bond donors (Lipinski definition) is 1. The number of ether oxygens (including phenoxy) is 1. The summed E-state index contributed by atoms with van der Waals surface area (Å²) in [5.74, 6) is 1.73. The topological polar surface area (TPSA) is 102 Å². The number of fused-ring (bicyclic) bond motifs is 1. The first-order valence-electron chi connectivity index (χ1n) is 12.7. The van der Waals surface area contributed by atoms with Crippen LogP contribution in [0.2, 0.25) is 0 Å². The quantitative estimate of drug-likeness (QED) is 0.376. The third-order valence-electron chi connectivity index (χ3n) is 7.20. The molecule has 1 aliphatic heterocycles. The van der Waals surface area contributed by atoms with Gasteiger partial charge in [-0.2, -0.15) is 0 Å². The van der Waals surface area contributed by atoms with Gasteiger partial charge in [-0.3, -0.25) is 9.69 Å². The number of nitrogens with zero attached hydrogens (tertiary/aromatic N) is 5. The normalized spacial score (nSPS) is 17.0.